The highest BCUT2D eigenvalue weighted by molar-refractivity contribution is 5.95. The lowest BCUT2D eigenvalue weighted by atomic mass is 10.1. The molecule has 0 saturated carbocycles. The van der Waals surface area contributed by atoms with Gasteiger partial charge >= 0.3 is 0 Å². The van der Waals surface area contributed by atoms with Gasteiger partial charge in [-0.25, -0.2) is 0 Å². The Morgan fingerprint density at radius 3 is 2.54 bits per heavy atom. The highest BCUT2D eigenvalue weighted by atomic mass is 16.6. The van der Waals surface area contributed by atoms with Crippen LogP contribution in [0.5, 0.6) is 5.75 Å². The van der Waals surface area contributed by atoms with E-state index < -0.39 is 16.7 Å². The molecule has 0 atom stereocenters. The van der Waals surface area contributed by atoms with Crippen LogP contribution in [-0.4, -0.2) is 40.4 Å². The lowest BCUT2D eigenvalue weighted by Crippen LogP contribution is -2.30. The minimum atomic E-state index is -0.566. The summed E-state index contributed by atoms with van der Waals surface area (Å²) in [6.07, 6.45) is 2.10. The van der Waals surface area contributed by atoms with E-state index in [0.717, 1.165) is 11.3 Å². The standard InChI is InChI=1S/C26H24N4O7/c1-35-21-9-7-18(8-10-21)11-12-27-25(31)24-15-23(37-28-24)17-29(16-22-6-3-13-36-22)26(32)19-4-2-5-20(14-19)30(33)34/h2-10,13-15H,11-12,16-17H2,1H3,(H,27,31). The summed E-state index contributed by atoms with van der Waals surface area (Å²) in [5, 5.41) is 17.8. The Hall–Kier alpha value is -4.93. The van der Waals surface area contributed by atoms with Gasteiger partial charge in [-0.1, -0.05) is 23.4 Å². The number of methoxy groups -OCH3 is 1. The molecule has 11 nitrogen and oxygen atoms in total. The van der Waals surface area contributed by atoms with Crippen molar-refractivity contribution in [2.75, 3.05) is 13.7 Å². The molecule has 37 heavy (non-hydrogen) atoms. The fraction of sp³-hybridized carbons (Fsp3) is 0.192. The normalized spacial score (nSPS) is 10.6. The van der Waals surface area contributed by atoms with Crippen molar-refractivity contribution >= 4 is 17.5 Å². The molecule has 0 bridgehead atoms. The van der Waals surface area contributed by atoms with Crippen LogP contribution in [0.4, 0.5) is 5.69 Å². The number of nitrogens with zero attached hydrogens (tertiary/aromatic N) is 3. The summed E-state index contributed by atoms with van der Waals surface area (Å²) < 4.78 is 15.8. The Morgan fingerprint density at radius 1 is 1.05 bits per heavy atom. The van der Waals surface area contributed by atoms with Crippen LogP contribution in [0.1, 0.15) is 37.9 Å². The van der Waals surface area contributed by atoms with Crippen molar-refractivity contribution in [1.82, 2.24) is 15.4 Å². The molecule has 0 fully saturated rings. The highest BCUT2D eigenvalue weighted by Gasteiger charge is 2.22. The molecule has 0 aliphatic heterocycles. The average molecular weight is 504 g/mol. The second kappa shape index (κ2) is 11.7. The molecule has 0 radical (unpaired) electrons. The molecule has 0 aliphatic rings. The van der Waals surface area contributed by atoms with Crippen molar-refractivity contribution in [2.45, 2.75) is 19.5 Å². The van der Waals surface area contributed by atoms with Crippen LogP contribution in [0.2, 0.25) is 0 Å². The Morgan fingerprint density at radius 2 is 1.84 bits per heavy atom. The van der Waals surface area contributed by atoms with Crippen molar-refractivity contribution in [3.8, 4) is 5.75 Å². The Labute approximate surface area is 211 Å². The molecule has 2 aromatic heterocycles. The Bertz CT molecular complexity index is 1360. The van der Waals surface area contributed by atoms with Crippen molar-refractivity contribution < 1.29 is 28.2 Å². The van der Waals surface area contributed by atoms with Crippen LogP contribution in [-0.2, 0) is 19.5 Å². The first-order valence-corrected chi connectivity index (χ1v) is 11.4. The van der Waals surface area contributed by atoms with Crippen molar-refractivity contribution in [1.29, 1.82) is 0 Å². The summed E-state index contributed by atoms with van der Waals surface area (Å²) in [6.45, 7) is 0.441. The molecule has 1 N–H and O–H groups in total. The van der Waals surface area contributed by atoms with Crippen molar-refractivity contribution in [3.05, 3.63) is 111 Å². The molecule has 2 amide bonds. The van der Waals surface area contributed by atoms with Crippen LogP contribution in [0.15, 0.2) is 81.9 Å². The predicted octanol–water partition coefficient (Wildman–Crippen LogP) is 4.00. The zero-order chi connectivity index (χ0) is 26.2. The first kappa shape index (κ1) is 25.2. The number of carbonyl (C=O) groups is 2. The molecule has 2 heterocycles. The molecule has 0 unspecified atom stereocenters. The first-order valence-electron chi connectivity index (χ1n) is 11.4. The largest absolute Gasteiger partial charge is 0.497 e. The second-order valence-electron chi connectivity index (χ2n) is 8.08. The summed E-state index contributed by atoms with van der Waals surface area (Å²) in [4.78, 5) is 37.7. The van der Waals surface area contributed by atoms with Gasteiger partial charge in [-0.15, -0.1) is 0 Å². The zero-order valence-electron chi connectivity index (χ0n) is 20.0. The number of hydrogen-bond donors (Lipinski definition) is 1. The third-order valence-corrected chi connectivity index (χ3v) is 5.51. The Kier molecular flexibility index (Phi) is 7.94. The number of nitrogens with one attached hydrogen (secondary N) is 1. The minimum Gasteiger partial charge on any atom is -0.497 e. The van der Waals surface area contributed by atoms with Gasteiger partial charge in [0.15, 0.2) is 11.5 Å². The van der Waals surface area contributed by atoms with Crippen molar-refractivity contribution in [3.63, 3.8) is 0 Å². The zero-order valence-corrected chi connectivity index (χ0v) is 20.0. The molecule has 190 valence electrons. The lowest BCUT2D eigenvalue weighted by molar-refractivity contribution is -0.384. The average Bonchev–Trinajstić information content (AvgIpc) is 3.61. The lowest BCUT2D eigenvalue weighted by Gasteiger charge is -2.20. The summed E-state index contributed by atoms with van der Waals surface area (Å²) in [6, 6.07) is 17.9. The fourth-order valence-electron chi connectivity index (χ4n) is 3.61. The van der Waals surface area contributed by atoms with E-state index in [4.69, 9.17) is 13.7 Å². The monoisotopic (exact) mass is 504 g/mol. The number of benzene rings is 2. The number of nitro benzene ring substituents is 1. The number of hydrogen-bond acceptors (Lipinski definition) is 8. The van der Waals surface area contributed by atoms with E-state index in [-0.39, 0.29) is 35.8 Å². The van der Waals surface area contributed by atoms with Gasteiger partial charge in [-0.2, -0.15) is 0 Å². The van der Waals surface area contributed by atoms with Gasteiger partial charge in [0.2, 0.25) is 0 Å². The number of aromatic nitrogens is 1. The van der Waals surface area contributed by atoms with E-state index in [2.05, 4.69) is 10.5 Å². The maximum absolute atomic E-state index is 13.2. The van der Waals surface area contributed by atoms with Crippen LogP contribution in [0.25, 0.3) is 0 Å². The van der Waals surface area contributed by atoms with Crippen molar-refractivity contribution in [2.24, 2.45) is 0 Å². The molecule has 0 saturated heterocycles. The SMILES string of the molecule is COc1ccc(CCNC(=O)c2cc(CN(Cc3ccco3)C(=O)c3cccc([N+](=O)[O-])c3)on2)cc1. The van der Waals surface area contributed by atoms with Gasteiger partial charge in [0.25, 0.3) is 17.5 Å². The number of carbonyl (C=O) groups excluding carboxylic acids is 2. The van der Waals surface area contributed by atoms with E-state index in [9.17, 15) is 19.7 Å². The van der Waals surface area contributed by atoms with Gasteiger partial charge in [0, 0.05) is 30.3 Å². The summed E-state index contributed by atoms with van der Waals surface area (Å²) in [5.74, 6) is 0.654. The molecule has 0 aliphatic carbocycles. The first-order chi connectivity index (χ1) is 17.9. The van der Waals surface area contributed by atoms with E-state index in [1.807, 2.05) is 24.3 Å². The maximum atomic E-state index is 13.2. The number of nitro groups is 1. The minimum absolute atomic E-state index is 0.0334. The van der Waals surface area contributed by atoms with Gasteiger partial charge in [0.05, 0.1) is 31.4 Å². The second-order valence-corrected chi connectivity index (χ2v) is 8.08. The van der Waals surface area contributed by atoms with Crippen LogP contribution < -0.4 is 10.1 Å². The Balaban J connectivity index is 1.41. The fourth-order valence-corrected chi connectivity index (χ4v) is 3.61. The van der Waals surface area contributed by atoms with Gasteiger partial charge < -0.3 is 23.9 Å². The van der Waals surface area contributed by atoms with E-state index in [1.165, 1.54) is 41.5 Å². The number of rotatable bonds is 11. The highest BCUT2D eigenvalue weighted by Crippen LogP contribution is 2.19. The molecular formula is C26H24N4O7. The quantitative estimate of drug-likeness (QED) is 0.239. The summed E-state index contributed by atoms with van der Waals surface area (Å²) in [5.41, 5.74) is 1.05. The number of amides is 2. The molecule has 11 heteroatoms. The molecular weight excluding hydrogens is 480 g/mol. The molecule has 4 rings (SSSR count). The van der Waals surface area contributed by atoms with Crippen LogP contribution in [0.3, 0.4) is 0 Å². The predicted molar refractivity (Wildman–Crippen MR) is 131 cm³/mol. The van der Waals surface area contributed by atoms with Gasteiger partial charge in [0.1, 0.15) is 11.5 Å². The van der Waals surface area contributed by atoms with Gasteiger partial charge in [-0.3, -0.25) is 19.7 Å². The van der Waals surface area contributed by atoms with E-state index >= 15 is 0 Å². The molecule has 4 aromatic rings. The number of furan rings is 1. The van der Waals surface area contributed by atoms with Crippen LogP contribution in [0, 0.1) is 10.1 Å². The van der Waals surface area contributed by atoms with E-state index in [1.54, 1.807) is 19.2 Å². The van der Waals surface area contributed by atoms with Crippen LogP contribution >= 0.6 is 0 Å². The van der Waals surface area contributed by atoms with E-state index in [0.29, 0.717) is 18.7 Å². The summed E-state index contributed by atoms with van der Waals surface area (Å²) >= 11 is 0. The smallest absolute Gasteiger partial charge is 0.273 e. The third kappa shape index (κ3) is 6.60. The summed E-state index contributed by atoms with van der Waals surface area (Å²) in [7, 11) is 1.60. The molecule has 2 aromatic carbocycles. The number of ether oxygens (including phenoxy) is 1. The maximum Gasteiger partial charge on any atom is 0.273 e. The van der Waals surface area contributed by atoms with Gasteiger partial charge in [-0.05, 0) is 42.3 Å². The topological polar surface area (TPSA) is 141 Å². The third-order valence-electron chi connectivity index (χ3n) is 5.51. The number of non-ortho nitro benzene ring substituents is 1. The molecule has 0 spiro atoms.